The van der Waals surface area contributed by atoms with Gasteiger partial charge in [-0.25, -0.2) is 24.9 Å². The van der Waals surface area contributed by atoms with Gasteiger partial charge in [0, 0.05) is 49.4 Å². The van der Waals surface area contributed by atoms with Gasteiger partial charge in [-0.15, -0.1) is 0 Å². The third-order valence-electron chi connectivity index (χ3n) is 12.3. The summed E-state index contributed by atoms with van der Waals surface area (Å²) in [5.41, 5.74) is 12.4. The number of rotatable bonds is 7. The molecule has 7 heteroatoms. The first-order chi connectivity index (χ1) is 32.7. The Labute approximate surface area is 378 Å². The van der Waals surface area contributed by atoms with Gasteiger partial charge in [0.1, 0.15) is 22.3 Å². The van der Waals surface area contributed by atoms with E-state index in [9.17, 15) is 0 Å². The van der Waals surface area contributed by atoms with Crippen molar-refractivity contribution in [3.63, 3.8) is 0 Å². The largest absolute Gasteiger partial charge is 0.456 e. The minimum Gasteiger partial charge on any atom is -0.456 e. The van der Waals surface area contributed by atoms with Crippen molar-refractivity contribution in [1.82, 2.24) is 24.9 Å². The zero-order valence-electron chi connectivity index (χ0n) is 35.3. The number of nitrogens with zero attached hydrogens (tertiary/aromatic N) is 5. The van der Waals surface area contributed by atoms with E-state index < -0.39 is 0 Å². The Hall–Kier alpha value is -9.07. The lowest BCUT2D eigenvalue weighted by Gasteiger charge is -2.12. The molecule has 0 aliphatic heterocycles. The topological polar surface area (TPSA) is 90.7 Å². The summed E-state index contributed by atoms with van der Waals surface area (Å²) in [5.74, 6) is 2.33. The van der Waals surface area contributed by atoms with Crippen molar-refractivity contribution in [2.45, 2.75) is 0 Å². The number of furan rings is 2. The van der Waals surface area contributed by atoms with E-state index in [1.807, 2.05) is 78.9 Å². The molecule has 0 amide bonds. The molecule has 308 valence electrons. The summed E-state index contributed by atoms with van der Waals surface area (Å²) in [4.78, 5) is 25.6. The lowest BCUT2D eigenvalue weighted by atomic mass is 9.98. The van der Waals surface area contributed by atoms with Gasteiger partial charge in [0.15, 0.2) is 23.3 Å². The van der Waals surface area contributed by atoms with Crippen LogP contribution in [0.25, 0.3) is 134 Å². The standard InChI is InChI=1S/C59H35N5O2/c1-3-15-37(16-4-1)56-60-49(35-50(61-56)42-29-30-52-48(34-42)54-44-23-8-7-14-36(44)28-31-53(54)65-52)41-21-11-19-39(32-41)40-20-12-22-43(33-40)58-62-57(38-17-5-2-6-18-38)63-59(64-58)47-26-13-25-46-45-24-9-10-27-51(45)66-55(46)47/h1-35H. The molecule has 0 fully saturated rings. The fourth-order valence-electron chi connectivity index (χ4n) is 9.13. The van der Waals surface area contributed by atoms with E-state index >= 15 is 0 Å². The van der Waals surface area contributed by atoms with Crippen molar-refractivity contribution in [1.29, 1.82) is 0 Å². The molecule has 9 aromatic carbocycles. The van der Waals surface area contributed by atoms with Crippen molar-refractivity contribution < 1.29 is 8.83 Å². The Balaban J connectivity index is 0.919. The molecule has 13 aromatic rings. The first-order valence-electron chi connectivity index (χ1n) is 21.9. The number of aromatic nitrogens is 5. The van der Waals surface area contributed by atoms with E-state index in [4.69, 9.17) is 33.8 Å². The summed E-state index contributed by atoms with van der Waals surface area (Å²) in [6, 6.07) is 72.3. The van der Waals surface area contributed by atoms with Crippen LogP contribution < -0.4 is 0 Å². The Kier molecular flexibility index (Phi) is 8.70. The van der Waals surface area contributed by atoms with Crippen LogP contribution in [-0.2, 0) is 0 Å². The van der Waals surface area contributed by atoms with E-state index in [0.29, 0.717) is 23.3 Å². The maximum absolute atomic E-state index is 6.45. The third kappa shape index (κ3) is 6.49. The molecular formula is C59H35N5O2. The van der Waals surface area contributed by atoms with Crippen LogP contribution in [0, 0.1) is 0 Å². The highest BCUT2D eigenvalue weighted by atomic mass is 16.3. The molecule has 66 heavy (non-hydrogen) atoms. The highest BCUT2D eigenvalue weighted by Crippen LogP contribution is 2.39. The molecular weight excluding hydrogens is 811 g/mol. The van der Waals surface area contributed by atoms with Gasteiger partial charge in [-0.05, 0) is 76.5 Å². The highest BCUT2D eigenvalue weighted by Gasteiger charge is 2.19. The number of hydrogen-bond donors (Lipinski definition) is 0. The Morgan fingerprint density at radius 3 is 1.58 bits per heavy atom. The summed E-state index contributed by atoms with van der Waals surface area (Å²) < 4.78 is 12.8. The summed E-state index contributed by atoms with van der Waals surface area (Å²) >= 11 is 0. The molecule has 0 radical (unpaired) electrons. The molecule has 0 spiro atoms. The molecule has 0 saturated carbocycles. The molecule has 0 unspecified atom stereocenters. The van der Waals surface area contributed by atoms with Gasteiger partial charge in [-0.3, -0.25) is 0 Å². The molecule has 4 heterocycles. The van der Waals surface area contributed by atoms with Crippen molar-refractivity contribution in [3.8, 4) is 79.2 Å². The van der Waals surface area contributed by atoms with Gasteiger partial charge < -0.3 is 8.83 Å². The van der Waals surface area contributed by atoms with Gasteiger partial charge in [0.2, 0.25) is 0 Å². The van der Waals surface area contributed by atoms with Crippen LogP contribution in [-0.4, -0.2) is 24.9 Å². The second-order valence-electron chi connectivity index (χ2n) is 16.4. The van der Waals surface area contributed by atoms with Crippen molar-refractivity contribution >= 4 is 54.6 Å². The minimum atomic E-state index is 0.540. The van der Waals surface area contributed by atoms with Crippen LogP contribution in [0.3, 0.4) is 0 Å². The monoisotopic (exact) mass is 845 g/mol. The van der Waals surface area contributed by atoms with Gasteiger partial charge in [0.05, 0.1) is 17.0 Å². The summed E-state index contributed by atoms with van der Waals surface area (Å²) in [6.07, 6.45) is 0. The van der Waals surface area contributed by atoms with E-state index in [-0.39, 0.29) is 0 Å². The van der Waals surface area contributed by atoms with Crippen LogP contribution in [0.5, 0.6) is 0 Å². The predicted molar refractivity (Wildman–Crippen MR) is 266 cm³/mol. The first kappa shape index (κ1) is 37.5. The Morgan fingerprint density at radius 1 is 0.273 bits per heavy atom. The van der Waals surface area contributed by atoms with Gasteiger partial charge >= 0.3 is 0 Å². The van der Waals surface area contributed by atoms with Crippen LogP contribution in [0.4, 0.5) is 0 Å². The summed E-state index contributed by atoms with van der Waals surface area (Å²) in [7, 11) is 0. The molecule has 0 N–H and O–H groups in total. The van der Waals surface area contributed by atoms with Crippen LogP contribution in [0.1, 0.15) is 0 Å². The van der Waals surface area contributed by atoms with E-state index in [0.717, 1.165) is 105 Å². The van der Waals surface area contributed by atoms with Crippen LogP contribution in [0.2, 0.25) is 0 Å². The van der Waals surface area contributed by atoms with E-state index in [2.05, 4.69) is 133 Å². The van der Waals surface area contributed by atoms with Crippen molar-refractivity contribution in [2.75, 3.05) is 0 Å². The van der Waals surface area contributed by atoms with Gasteiger partial charge in [-0.1, -0.05) is 158 Å². The second kappa shape index (κ2) is 15.3. The Bertz CT molecular complexity index is 4010. The van der Waals surface area contributed by atoms with E-state index in [1.54, 1.807) is 0 Å². The quantitative estimate of drug-likeness (QED) is 0.158. The highest BCUT2D eigenvalue weighted by molar-refractivity contribution is 6.19. The first-order valence-corrected chi connectivity index (χ1v) is 21.9. The third-order valence-corrected chi connectivity index (χ3v) is 12.3. The number of benzene rings is 9. The fraction of sp³-hybridized carbons (Fsp3) is 0. The lowest BCUT2D eigenvalue weighted by molar-refractivity contribution is 0.669. The molecule has 0 saturated heterocycles. The van der Waals surface area contributed by atoms with Crippen molar-refractivity contribution in [3.05, 3.63) is 212 Å². The average molecular weight is 846 g/mol. The molecule has 13 rings (SSSR count). The predicted octanol–water partition coefficient (Wildman–Crippen LogP) is 15.3. The van der Waals surface area contributed by atoms with Gasteiger partial charge in [-0.2, -0.15) is 0 Å². The number of hydrogen-bond acceptors (Lipinski definition) is 7. The van der Waals surface area contributed by atoms with Gasteiger partial charge in [0.25, 0.3) is 0 Å². The summed E-state index contributed by atoms with van der Waals surface area (Å²) in [6.45, 7) is 0. The molecule has 0 aliphatic rings. The molecule has 4 aromatic heterocycles. The lowest BCUT2D eigenvalue weighted by Crippen LogP contribution is -2.00. The zero-order chi connectivity index (χ0) is 43.6. The normalized spacial score (nSPS) is 11.6. The fourth-order valence-corrected chi connectivity index (χ4v) is 9.13. The maximum Gasteiger partial charge on any atom is 0.167 e. The SMILES string of the molecule is c1ccc(-c2nc(-c3cccc(-c4cccc(-c5nc(-c6ccccc6)nc(-c6cccc7c6oc6ccccc67)n5)c4)c3)cc(-c3ccc4oc5ccc6ccccc6c5c4c3)n2)cc1. The van der Waals surface area contributed by atoms with Crippen molar-refractivity contribution in [2.24, 2.45) is 0 Å². The molecule has 7 nitrogen and oxygen atoms in total. The zero-order valence-corrected chi connectivity index (χ0v) is 35.3. The second-order valence-corrected chi connectivity index (χ2v) is 16.4. The smallest absolute Gasteiger partial charge is 0.167 e. The molecule has 0 aliphatic carbocycles. The van der Waals surface area contributed by atoms with Crippen LogP contribution in [0.15, 0.2) is 221 Å². The number of para-hydroxylation sites is 2. The Morgan fingerprint density at radius 2 is 0.803 bits per heavy atom. The minimum absolute atomic E-state index is 0.540. The molecule has 0 atom stereocenters. The molecule has 0 bridgehead atoms. The van der Waals surface area contributed by atoms with Crippen LogP contribution >= 0.6 is 0 Å². The maximum atomic E-state index is 6.45. The van der Waals surface area contributed by atoms with E-state index in [1.165, 1.54) is 5.39 Å². The average Bonchev–Trinajstić information content (AvgIpc) is 3.98. The number of fused-ring (bicyclic) bond motifs is 8. The summed E-state index contributed by atoms with van der Waals surface area (Å²) in [5, 5.41) is 6.55.